The van der Waals surface area contributed by atoms with Gasteiger partial charge in [0.15, 0.2) is 0 Å². The molecule has 8 nitrogen and oxygen atoms in total. The monoisotopic (exact) mass is 438 g/mol. The standard InChI is InChI=1S/C21H23FN8S/c1-3-16-17(4-2)25-26-19(23-16)28-9-11-29(12-10-28)21-27-30-13-18(24-20(30)31-21)14-5-7-15(22)8-6-14/h5-8,13H,3-4,9-12H2,1-2H3. The Labute approximate surface area is 183 Å². The van der Waals surface area contributed by atoms with E-state index in [1.165, 1.54) is 12.1 Å². The van der Waals surface area contributed by atoms with E-state index < -0.39 is 0 Å². The minimum Gasteiger partial charge on any atom is -0.343 e. The topological polar surface area (TPSA) is 75.3 Å². The molecule has 0 saturated carbocycles. The predicted octanol–water partition coefficient (Wildman–Crippen LogP) is 3.23. The Morgan fingerprint density at radius 1 is 0.903 bits per heavy atom. The van der Waals surface area contributed by atoms with Crippen LogP contribution in [0.1, 0.15) is 25.2 Å². The summed E-state index contributed by atoms with van der Waals surface area (Å²) in [6.45, 7) is 7.49. The van der Waals surface area contributed by atoms with Crippen molar-refractivity contribution in [2.45, 2.75) is 26.7 Å². The van der Waals surface area contributed by atoms with E-state index in [1.54, 1.807) is 28.0 Å². The maximum Gasteiger partial charge on any atom is 0.245 e. The lowest BCUT2D eigenvalue weighted by molar-refractivity contribution is 0.625. The number of hydrogen-bond donors (Lipinski definition) is 0. The van der Waals surface area contributed by atoms with Crippen molar-refractivity contribution < 1.29 is 4.39 Å². The van der Waals surface area contributed by atoms with Crippen molar-refractivity contribution in [2.75, 3.05) is 36.0 Å². The Kier molecular flexibility index (Phi) is 5.23. The first-order valence-corrected chi connectivity index (χ1v) is 11.3. The highest BCUT2D eigenvalue weighted by molar-refractivity contribution is 7.20. The summed E-state index contributed by atoms with van der Waals surface area (Å²) in [5.41, 5.74) is 3.69. The molecule has 0 atom stereocenters. The largest absolute Gasteiger partial charge is 0.343 e. The average Bonchev–Trinajstić information content (AvgIpc) is 3.39. The van der Waals surface area contributed by atoms with Crippen LogP contribution in [0.25, 0.3) is 16.2 Å². The number of hydrogen-bond acceptors (Lipinski definition) is 8. The molecule has 0 aliphatic carbocycles. The Morgan fingerprint density at radius 3 is 2.29 bits per heavy atom. The maximum absolute atomic E-state index is 13.2. The molecule has 3 aromatic heterocycles. The highest BCUT2D eigenvalue weighted by atomic mass is 32.1. The Morgan fingerprint density at radius 2 is 1.61 bits per heavy atom. The molecule has 0 bridgehead atoms. The summed E-state index contributed by atoms with van der Waals surface area (Å²) < 4.78 is 15.0. The number of benzene rings is 1. The molecule has 4 heterocycles. The zero-order valence-corrected chi connectivity index (χ0v) is 18.3. The van der Waals surface area contributed by atoms with Gasteiger partial charge in [0, 0.05) is 31.7 Å². The lowest BCUT2D eigenvalue weighted by atomic mass is 10.2. The van der Waals surface area contributed by atoms with Crippen LogP contribution in [0.15, 0.2) is 30.5 Å². The molecular weight excluding hydrogens is 415 g/mol. The van der Waals surface area contributed by atoms with Crippen LogP contribution in [-0.2, 0) is 12.8 Å². The second kappa shape index (κ2) is 8.18. The third-order valence-electron chi connectivity index (χ3n) is 5.50. The van der Waals surface area contributed by atoms with Crippen molar-refractivity contribution in [1.29, 1.82) is 0 Å². The molecule has 4 aromatic rings. The molecule has 31 heavy (non-hydrogen) atoms. The number of nitrogens with zero attached hydrogens (tertiary/aromatic N) is 8. The number of fused-ring (bicyclic) bond motifs is 1. The summed E-state index contributed by atoms with van der Waals surface area (Å²) in [6, 6.07) is 6.35. The van der Waals surface area contributed by atoms with E-state index in [0.717, 1.165) is 71.8 Å². The van der Waals surface area contributed by atoms with Crippen LogP contribution in [0.3, 0.4) is 0 Å². The second-order valence-corrected chi connectivity index (χ2v) is 8.37. The lowest BCUT2D eigenvalue weighted by Crippen LogP contribution is -2.47. The summed E-state index contributed by atoms with van der Waals surface area (Å²) in [6.07, 6.45) is 3.61. The highest BCUT2D eigenvalue weighted by Crippen LogP contribution is 2.28. The third-order valence-corrected chi connectivity index (χ3v) is 6.49. The van der Waals surface area contributed by atoms with Crippen LogP contribution in [0.4, 0.5) is 15.5 Å². The minimum absolute atomic E-state index is 0.252. The molecule has 10 heteroatoms. The van der Waals surface area contributed by atoms with Gasteiger partial charge in [-0.15, -0.1) is 10.2 Å². The van der Waals surface area contributed by atoms with Gasteiger partial charge in [-0.1, -0.05) is 25.2 Å². The third kappa shape index (κ3) is 3.83. The lowest BCUT2D eigenvalue weighted by Gasteiger charge is -2.34. The summed E-state index contributed by atoms with van der Waals surface area (Å²) in [7, 11) is 0. The maximum atomic E-state index is 13.2. The Bertz CT molecular complexity index is 1160. The highest BCUT2D eigenvalue weighted by Gasteiger charge is 2.23. The average molecular weight is 439 g/mol. The van der Waals surface area contributed by atoms with Crippen LogP contribution in [-0.4, -0.2) is 56.0 Å². The zero-order valence-electron chi connectivity index (χ0n) is 17.5. The van der Waals surface area contributed by atoms with Crippen LogP contribution < -0.4 is 9.80 Å². The quantitative estimate of drug-likeness (QED) is 0.473. The second-order valence-electron chi connectivity index (χ2n) is 7.43. The first-order chi connectivity index (χ1) is 15.1. The van der Waals surface area contributed by atoms with Gasteiger partial charge in [-0.2, -0.15) is 5.10 Å². The number of rotatable bonds is 5. The number of anilines is 2. The van der Waals surface area contributed by atoms with Crippen molar-refractivity contribution in [3.8, 4) is 11.3 Å². The fraction of sp³-hybridized carbons (Fsp3) is 0.381. The van der Waals surface area contributed by atoms with Crippen molar-refractivity contribution in [3.63, 3.8) is 0 Å². The first kappa shape index (κ1) is 19.8. The number of piperazine rings is 1. The van der Waals surface area contributed by atoms with Gasteiger partial charge in [-0.3, -0.25) is 0 Å². The summed E-state index contributed by atoms with van der Waals surface area (Å²) >= 11 is 1.56. The molecule has 0 N–H and O–H groups in total. The van der Waals surface area contributed by atoms with E-state index in [-0.39, 0.29) is 5.82 Å². The number of aryl methyl sites for hydroxylation is 2. The molecule has 0 spiro atoms. The molecule has 1 fully saturated rings. The van der Waals surface area contributed by atoms with Crippen molar-refractivity contribution in [3.05, 3.63) is 47.7 Å². The van der Waals surface area contributed by atoms with Crippen LogP contribution in [0, 0.1) is 5.82 Å². The van der Waals surface area contributed by atoms with E-state index >= 15 is 0 Å². The van der Waals surface area contributed by atoms with Gasteiger partial charge in [0.2, 0.25) is 16.0 Å². The fourth-order valence-corrected chi connectivity index (χ4v) is 4.67. The van der Waals surface area contributed by atoms with Gasteiger partial charge in [0.1, 0.15) is 5.82 Å². The summed E-state index contributed by atoms with van der Waals surface area (Å²) in [4.78, 5) is 14.7. The SMILES string of the molecule is CCc1nnc(N2CCN(c3nn4cc(-c5ccc(F)cc5)nc4s3)CC2)nc1CC. The van der Waals surface area contributed by atoms with E-state index in [2.05, 4.69) is 38.8 Å². The Hall–Kier alpha value is -3.14. The smallest absolute Gasteiger partial charge is 0.245 e. The number of imidazole rings is 1. The molecular formula is C21H23FN8S. The molecule has 0 amide bonds. The van der Waals surface area contributed by atoms with E-state index in [9.17, 15) is 4.39 Å². The van der Waals surface area contributed by atoms with Gasteiger partial charge in [-0.05, 0) is 37.1 Å². The van der Waals surface area contributed by atoms with Crippen LogP contribution in [0.5, 0.6) is 0 Å². The molecule has 1 saturated heterocycles. The normalized spacial score (nSPS) is 14.5. The van der Waals surface area contributed by atoms with Crippen LogP contribution >= 0.6 is 11.3 Å². The van der Waals surface area contributed by atoms with Gasteiger partial charge in [0.05, 0.1) is 23.3 Å². The van der Waals surface area contributed by atoms with E-state index in [4.69, 9.17) is 10.1 Å². The molecule has 1 aliphatic heterocycles. The molecule has 1 aliphatic rings. The first-order valence-electron chi connectivity index (χ1n) is 10.5. The van der Waals surface area contributed by atoms with Gasteiger partial charge in [-0.25, -0.2) is 18.9 Å². The summed E-state index contributed by atoms with van der Waals surface area (Å²) in [5, 5.41) is 14.4. The van der Waals surface area contributed by atoms with Crippen molar-refractivity contribution in [2.24, 2.45) is 0 Å². The molecule has 160 valence electrons. The number of aromatic nitrogens is 6. The predicted molar refractivity (Wildman–Crippen MR) is 119 cm³/mol. The number of halogens is 1. The van der Waals surface area contributed by atoms with Crippen LogP contribution in [0.2, 0.25) is 0 Å². The van der Waals surface area contributed by atoms with Crippen molar-refractivity contribution >= 4 is 27.4 Å². The van der Waals surface area contributed by atoms with E-state index in [1.807, 2.05) is 6.20 Å². The zero-order chi connectivity index (χ0) is 21.4. The van der Waals surface area contributed by atoms with Gasteiger partial charge >= 0.3 is 0 Å². The minimum atomic E-state index is -0.252. The van der Waals surface area contributed by atoms with Crippen molar-refractivity contribution in [1.82, 2.24) is 29.8 Å². The van der Waals surface area contributed by atoms with Gasteiger partial charge in [0.25, 0.3) is 0 Å². The summed E-state index contributed by atoms with van der Waals surface area (Å²) in [5.74, 6) is 0.462. The molecule has 0 unspecified atom stereocenters. The van der Waals surface area contributed by atoms with Gasteiger partial charge < -0.3 is 9.80 Å². The molecule has 0 radical (unpaired) electrons. The Balaban J connectivity index is 1.28. The molecule has 1 aromatic carbocycles. The van der Waals surface area contributed by atoms with E-state index in [0.29, 0.717) is 5.95 Å². The molecule has 5 rings (SSSR count). The fourth-order valence-electron chi connectivity index (χ4n) is 3.74.